The molecule has 1 heterocycles. The van der Waals surface area contributed by atoms with Gasteiger partial charge >= 0.3 is 0 Å². The van der Waals surface area contributed by atoms with Crippen LogP contribution in [0.3, 0.4) is 0 Å². The van der Waals surface area contributed by atoms with Gasteiger partial charge in [0.05, 0.1) is 0 Å². The van der Waals surface area contributed by atoms with E-state index in [0.29, 0.717) is 0 Å². The predicted molar refractivity (Wildman–Crippen MR) is 40.6 cm³/mol. The van der Waals surface area contributed by atoms with Crippen molar-refractivity contribution < 1.29 is 4.79 Å². The van der Waals surface area contributed by atoms with Crippen LogP contribution < -0.4 is 5.32 Å². The Bertz CT molecular complexity index is 161. The summed E-state index contributed by atoms with van der Waals surface area (Å²) in [6.07, 6.45) is 5.10. The summed E-state index contributed by atoms with van der Waals surface area (Å²) in [4.78, 5) is 11.1. The lowest BCUT2D eigenvalue weighted by atomic mass is 10.1. The maximum atomic E-state index is 11.1. The molecule has 10 heavy (non-hydrogen) atoms. The minimum atomic E-state index is 0.125. The van der Waals surface area contributed by atoms with E-state index in [-0.39, 0.29) is 5.91 Å². The SMILES string of the molecule is C/C=C1\CCCCNC1=O. The van der Waals surface area contributed by atoms with Gasteiger partial charge in [-0.15, -0.1) is 0 Å². The van der Waals surface area contributed by atoms with Gasteiger partial charge in [0.2, 0.25) is 5.91 Å². The van der Waals surface area contributed by atoms with Gasteiger partial charge in [-0.25, -0.2) is 0 Å². The van der Waals surface area contributed by atoms with Gasteiger partial charge in [0.1, 0.15) is 0 Å². The third-order valence-corrected chi connectivity index (χ3v) is 1.80. The van der Waals surface area contributed by atoms with Crippen molar-refractivity contribution in [3.63, 3.8) is 0 Å². The normalized spacial score (nSPS) is 24.1. The zero-order valence-corrected chi connectivity index (χ0v) is 6.31. The fourth-order valence-corrected chi connectivity index (χ4v) is 1.14. The molecular weight excluding hydrogens is 126 g/mol. The topological polar surface area (TPSA) is 29.1 Å². The van der Waals surface area contributed by atoms with Gasteiger partial charge in [-0.05, 0) is 26.2 Å². The Morgan fingerprint density at radius 3 is 3.00 bits per heavy atom. The van der Waals surface area contributed by atoms with Crippen molar-refractivity contribution in [2.45, 2.75) is 26.2 Å². The highest BCUT2D eigenvalue weighted by atomic mass is 16.1. The molecule has 0 aliphatic carbocycles. The Morgan fingerprint density at radius 2 is 2.30 bits per heavy atom. The van der Waals surface area contributed by atoms with Gasteiger partial charge in [0, 0.05) is 12.1 Å². The summed E-state index contributed by atoms with van der Waals surface area (Å²) in [6.45, 7) is 2.76. The number of hydrogen-bond acceptors (Lipinski definition) is 1. The van der Waals surface area contributed by atoms with E-state index in [9.17, 15) is 4.79 Å². The molecule has 2 nitrogen and oxygen atoms in total. The molecule has 1 aliphatic heterocycles. The maximum Gasteiger partial charge on any atom is 0.246 e. The van der Waals surface area contributed by atoms with E-state index >= 15 is 0 Å². The Kier molecular flexibility index (Phi) is 2.49. The molecule has 1 fully saturated rings. The molecule has 0 bridgehead atoms. The van der Waals surface area contributed by atoms with Crippen molar-refractivity contribution in [3.8, 4) is 0 Å². The highest BCUT2D eigenvalue weighted by Gasteiger charge is 2.10. The second kappa shape index (κ2) is 3.40. The molecule has 1 rings (SSSR count). The van der Waals surface area contributed by atoms with Crippen LogP contribution in [0.1, 0.15) is 26.2 Å². The third-order valence-electron chi connectivity index (χ3n) is 1.80. The van der Waals surface area contributed by atoms with Crippen LogP contribution in [0.5, 0.6) is 0 Å². The van der Waals surface area contributed by atoms with Crippen molar-refractivity contribution >= 4 is 5.91 Å². The highest BCUT2D eigenvalue weighted by Crippen LogP contribution is 2.10. The summed E-state index contributed by atoms with van der Waals surface area (Å²) in [5.41, 5.74) is 0.942. The van der Waals surface area contributed by atoms with E-state index in [0.717, 1.165) is 31.4 Å². The van der Waals surface area contributed by atoms with Crippen molar-refractivity contribution in [3.05, 3.63) is 11.6 Å². The van der Waals surface area contributed by atoms with E-state index in [1.807, 2.05) is 13.0 Å². The first kappa shape index (κ1) is 7.32. The molecule has 1 amide bonds. The number of rotatable bonds is 0. The molecular formula is C8H13NO. The fourth-order valence-electron chi connectivity index (χ4n) is 1.14. The van der Waals surface area contributed by atoms with Gasteiger partial charge in [-0.1, -0.05) is 6.08 Å². The van der Waals surface area contributed by atoms with Gasteiger partial charge in [0.25, 0.3) is 0 Å². The zero-order valence-electron chi connectivity index (χ0n) is 6.31. The summed E-state index contributed by atoms with van der Waals surface area (Å²) in [7, 11) is 0. The van der Waals surface area contributed by atoms with Crippen LogP contribution >= 0.6 is 0 Å². The molecule has 0 radical (unpaired) electrons. The molecule has 0 aromatic carbocycles. The lowest BCUT2D eigenvalue weighted by Gasteiger charge is -1.99. The third kappa shape index (κ3) is 1.59. The van der Waals surface area contributed by atoms with E-state index in [1.54, 1.807) is 0 Å². The first-order chi connectivity index (χ1) is 4.84. The Hall–Kier alpha value is -0.790. The second-order valence-corrected chi connectivity index (χ2v) is 2.53. The van der Waals surface area contributed by atoms with Crippen LogP contribution in [-0.2, 0) is 4.79 Å². The smallest absolute Gasteiger partial charge is 0.246 e. The first-order valence-corrected chi connectivity index (χ1v) is 3.78. The maximum absolute atomic E-state index is 11.1. The van der Waals surface area contributed by atoms with Crippen LogP contribution in [-0.4, -0.2) is 12.5 Å². The van der Waals surface area contributed by atoms with Crippen LogP contribution in [0.2, 0.25) is 0 Å². The number of allylic oxidation sites excluding steroid dienone is 1. The predicted octanol–water partition coefficient (Wildman–Crippen LogP) is 1.23. The number of nitrogens with one attached hydrogen (secondary N) is 1. The average molecular weight is 139 g/mol. The first-order valence-electron chi connectivity index (χ1n) is 3.78. The summed E-state index contributed by atoms with van der Waals surface area (Å²) < 4.78 is 0. The standard InChI is InChI=1S/C8H13NO/c1-2-7-5-3-4-6-9-8(7)10/h2H,3-6H2,1H3,(H,9,10)/b7-2+. The monoisotopic (exact) mass is 139 g/mol. The van der Waals surface area contributed by atoms with Gasteiger partial charge in [-0.3, -0.25) is 4.79 Å². The zero-order chi connectivity index (χ0) is 7.40. The summed E-state index contributed by atoms with van der Waals surface area (Å²) in [5.74, 6) is 0.125. The summed E-state index contributed by atoms with van der Waals surface area (Å²) >= 11 is 0. The fraction of sp³-hybridized carbons (Fsp3) is 0.625. The van der Waals surface area contributed by atoms with Crippen LogP contribution in [0, 0.1) is 0 Å². The van der Waals surface area contributed by atoms with E-state index in [2.05, 4.69) is 5.32 Å². The molecule has 1 aliphatic rings. The van der Waals surface area contributed by atoms with Crippen molar-refractivity contribution in [2.75, 3.05) is 6.54 Å². The minimum absolute atomic E-state index is 0.125. The summed E-state index contributed by atoms with van der Waals surface area (Å²) in [6, 6.07) is 0. The molecule has 0 atom stereocenters. The number of carbonyl (C=O) groups is 1. The average Bonchev–Trinajstić information content (AvgIpc) is 2.13. The van der Waals surface area contributed by atoms with Gasteiger partial charge < -0.3 is 5.32 Å². The number of carbonyl (C=O) groups excluding carboxylic acids is 1. The quantitative estimate of drug-likeness (QED) is 0.502. The number of amides is 1. The van der Waals surface area contributed by atoms with Gasteiger partial charge in [-0.2, -0.15) is 0 Å². The molecule has 1 saturated heterocycles. The van der Waals surface area contributed by atoms with E-state index in [1.165, 1.54) is 0 Å². The molecule has 2 heteroatoms. The molecule has 0 saturated carbocycles. The molecule has 0 unspecified atom stereocenters. The van der Waals surface area contributed by atoms with E-state index in [4.69, 9.17) is 0 Å². The lowest BCUT2D eigenvalue weighted by Crippen LogP contribution is -2.23. The Balaban J connectivity index is 2.61. The number of hydrogen-bond donors (Lipinski definition) is 1. The minimum Gasteiger partial charge on any atom is -0.352 e. The second-order valence-electron chi connectivity index (χ2n) is 2.53. The van der Waals surface area contributed by atoms with Crippen molar-refractivity contribution in [1.29, 1.82) is 0 Å². The van der Waals surface area contributed by atoms with Crippen LogP contribution in [0.25, 0.3) is 0 Å². The molecule has 0 aromatic rings. The molecule has 56 valence electrons. The van der Waals surface area contributed by atoms with E-state index < -0.39 is 0 Å². The Labute approximate surface area is 61.3 Å². The van der Waals surface area contributed by atoms with Crippen molar-refractivity contribution in [2.24, 2.45) is 0 Å². The Morgan fingerprint density at radius 1 is 1.50 bits per heavy atom. The lowest BCUT2D eigenvalue weighted by molar-refractivity contribution is -0.117. The van der Waals surface area contributed by atoms with Crippen LogP contribution in [0.15, 0.2) is 11.6 Å². The van der Waals surface area contributed by atoms with Gasteiger partial charge in [0.15, 0.2) is 0 Å². The summed E-state index contributed by atoms with van der Waals surface area (Å²) in [5, 5.41) is 2.84. The van der Waals surface area contributed by atoms with Crippen molar-refractivity contribution in [1.82, 2.24) is 5.32 Å². The highest BCUT2D eigenvalue weighted by molar-refractivity contribution is 5.93. The van der Waals surface area contributed by atoms with Crippen LogP contribution in [0.4, 0.5) is 0 Å². The molecule has 0 spiro atoms. The molecule has 0 aromatic heterocycles. The molecule has 1 N–H and O–H groups in total. The largest absolute Gasteiger partial charge is 0.352 e.